The van der Waals surface area contributed by atoms with Crippen LogP contribution < -0.4 is 11.5 Å². The van der Waals surface area contributed by atoms with Gasteiger partial charge in [0.15, 0.2) is 0 Å². The lowest BCUT2D eigenvalue weighted by Gasteiger charge is -2.15. The number of hydrogen-bond donors (Lipinski definition) is 2. The molecule has 1 aromatic carbocycles. The van der Waals surface area contributed by atoms with Gasteiger partial charge in [0.1, 0.15) is 5.82 Å². The zero-order valence-electron chi connectivity index (χ0n) is 9.98. The normalized spacial score (nSPS) is 23.2. The predicted molar refractivity (Wildman–Crippen MR) is 69.0 cm³/mol. The number of primary amides is 1. The minimum Gasteiger partial charge on any atom is -0.398 e. The average molecular weight is 270 g/mol. The van der Waals surface area contributed by atoms with Gasteiger partial charge in [-0.2, -0.15) is 0 Å². The minimum absolute atomic E-state index is 0.0695. The van der Waals surface area contributed by atoms with Crippen LogP contribution in [0.15, 0.2) is 17.0 Å². The van der Waals surface area contributed by atoms with Gasteiger partial charge in [-0.3, -0.25) is 4.79 Å². The lowest BCUT2D eigenvalue weighted by atomic mass is 10.1. The molecule has 1 heterocycles. The smallest absolute Gasteiger partial charge is 0.250 e. The topological polar surface area (TPSA) is 78.3 Å². The second kappa shape index (κ2) is 5.16. The van der Waals surface area contributed by atoms with Crippen molar-refractivity contribution in [3.05, 3.63) is 23.5 Å². The highest BCUT2D eigenvalue weighted by Gasteiger charge is 2.26. The summed E-state index contributed by atoms with van der Waals surface area (Å²) in [5.74, 6) is -1.08. The first-order valence-electron chi connectivity index (χ1n) is 5.66. The van der Waals surface area contributed by atoms with E-state index in [9.17, 15) is 9.18 Å². The fourth-order valence-corrected chi connectivity index (χ4v) is 3.07. The first kappa shape index (κ1) is 13.2. The van der Waals surface area contributed by atoms with E-state index in [4.69, 9.17) is 16.2 Å². The number of amides is 1. The zero-order valence-corrected chi connectivity index (χ0v) is 10.8. The van der Waals surface area contributed by atoms with Crippen LogP contribution >= 0.6 is 11.8 Å². The maximum atomic E-state index is 13.8. The fraction of sp³-hybridized carbons (Fsp3) is 0.417. The van der Waals surface area contributed by atoms with E-state index in [1.807, 2.05) is 6.92 Å². The van der Waals surface area contributed by atoms with Gasteiger partial charge in [0.05, 0.1) is 11.7 Å². The van der Waals surface area contributed by atoms with Crippen LogP contribution in [0.2, 0.25) is 0 Å². The molecule has 98 valence electrons. The van der Waals surface area contributed by atoms with Crippen molar-refractivity contribution in [2.45, 2.75) is 29.6 Å². The molecule has 1 aliphatic rings. The highest BCUT2D eigenvalue weighted by molar-refractivity contribution is 8.00. The van der Waals surface area contributed by atoms with Gasteiger partial charge < -0.3 is 16.2 Å². The van der Waals surface area contributed by atoms with Crippen molar-refractivity contribution in [2.75, 3.05) is 12.3 Å². The Morgan fingerprint density at radius 1 is 1.56 bits per heavy atom. The molecule has 0 radical (unpaired) electrons. The van der Waals surface area contributed by atoms with Gasteiger partial charge in [0.25, 0.3) is 5.91 Å². The summed E-state index contributed by atoms with van der Waals surface area (Å²) in [5, 5.41) is 0.184. The van der Waals surface area contributed by atoms with Crippen molar-refractivity contribution in [3.63, 3.8) is 0 Å². The minimum atomic E-state index is -0.648. The molecule has 4 nitrogen and oxygen atoms in total. The van der Waals surface area contributed by atoms with Crippen molar-refractivity contribution >= 4 is 23.4 Å². The molecular weight excluding hydrogens is 255 g/mol. The Labute approximate surface area is 109 Å². The van der Waals surface area contributed by atoms with E-state index < -0.39 is 11.7 Å². The molecular formula is C12H15FN2O2S. The second-order valence-electron chi connectivity index (χ2n) is 4.26. The maximum absolute atomic E-state index is 13.8. The van der Waals surface area contributed by atoms with E-state index in [-0.39, 0.29) is 22.6 Å². The van der Waals surface area contributed by atoms with E-state index in [1.54, 1.807) is 0 Å². The molecule has 18 heavy (non-hydrogen) atoms. The Bertz CT molecular complexity index is 481. The summed E-state index contributed by atoms with van der Waals surface area (Å²) in [6.07, 6.45) is 0.936. The van der Waals surface area contributed by atoms with Gasteiger partial charge in [0.2, 0.25) is 0 Å². The Hall–Kier alpha value is -1.27. The number of nitrogens with two attached hydrogens (primary N) is 2. The maximum Gasteiger partial charge on any atom is 0.250 e. The molecule has 0 aliphatic carbocycles. The molecule has 2 rings (SSSR count). The number of hydrogen-bond acceptors (Lipinski definition) is 4. The van der Waals surface area contributed by atoms with Crippen LogP contribution in [-0.4, -0.2) is 23.9 Å². The van der Waals surface area contributed by atoms with E-state index in [0.717, 1.165) is 12.5 Å². The Kier molecular flexibility index (Phi) is 3.77. The Morgan fingerprint density at radius 3 is 2.83 bits per heavy atom. The summed E-state index contributed by atoms with van der Waals surface area (Å²) in [5.41, 5.74) is 11.0. The molecule has 0 saturated carbocycles. The van der Waals surface area contributed by atoms with Crippen LogP contribution in [0.1, 0.15) is 23.7 Å². The zero-order chi connectivity index (χ0) is 13.3. The van der Waals surface area contributed by atoms with Crippen molar-refractivity contribution in [1.82, 2.24) is 0 Å². The summed E-state index contributed by atoms with van der Waals surface area (Å²) in [6.45, 7) is 2.63. The molecule has 1 fully saturated rings. The van der Waals surface area contributed by atoms with Crippen molar-refractivity contribution in [2.24, 2.45) is 5.73 Å². The lowest BCUT2D eigenvalue weighted by molar-refractivity contribution is 0.100. The summed E-state index contributed by atoms with van der Waals surface area (Å²) >= 11 is 1.36. The monoisotopic (exact) mass is 270 g/mol. The van der Waals surface area contributed by atoms with E-state index >= 15 is 0 Å². The Morgan fingerprint density at radius 2 is 2.28 bits per heavy atom. The highest BCUT2D eigenvalue weighted by Crippen LogP contribution is 2.35. The second-order valence-corrected chi connectivity index (χ2v) is 5.54. The van der Waals surface area contributed by atoms with Crippen molar-refractivity contribution in [3.8, 4) is 0 Å². The van der Waals surface area contributed by atoms with E-state index in [2.05, 4.69) is 0 Å². The van der Waals surface area contributed by atoms with Crippen molar-refractivity contribution in [1.29, 1.82) is 0 Å². The van der Waals surface area contributed by atoms with Crippen LogP contribution in [-0.2, 0) is 4.74 Å². The van der Waals surface area contributed by atoms with Gasteiger partial charge >= 0.3 is 0 Å². The third-order valence-electron chi connectivity index (χ3n) is 2.95. The SMILES string of the molecule is CC1OCCC1Sc1cc(C(N)=O)c(N)cc1F. The number of halogens is 1. The third kappa shape index (κ3) is 2.59. The van der Waals surface area contributed by atoms with Crippen LogP contribution in [0.3, 0.4) is 0 Å². The van der Waals surface area contributed by atoms with Gasteiger partial charge in [-0.25, -0.2) is 4.39 Å². The number of nitrogen functional groups attached to an aromatic ring is 1. The number of ether oxygens (including phenoxy) is 1. The molecule has 0 spiro atoms. The fourth-order valence-electron chi connectivity index (χ4n) is 1.90. The summed E-state index contributed by atoms with van der Waals surface area (Å²) in [4.78, 5) is 11.6. The molecule has 1 aliphatic heterocycles. The van der Waals surface area contributed by atoms with E-state index in [1.165, 1.54) is 17.8 Å². The molecule has 4 N–H and O–H groups in total. The molecule has 2 atom stereocenters. The number of rotatable bonds is 3. The lowest BCUT2D eigenvalue weighted by Crippen LogP contribution is -2.16. The van der Waals surface area contributed by atoms with Gasteiger partial charge in [0, 0.05) is 22.4 Å². The molecule has 2 unspecified atom stereocenters. The van der Waals surface area contributed by atoms with Crippen LogP contribution in [0.25, 0.3) is 0 Å². The van der Waals surface area contributed by atoms with Gasteiger partial charge in [-0.1, -0.05) is 0 Å². The third-order valence-corrected chi connectivity index (χ3v) is 4.44. The molecule has 1 amide bonds. The van der Waals surface area contributed by atoms with E-state index in [0.29, 0.717) is 11.5 Å². The molecule has 1 saturated heterocycles. The van der Waals surface area contributed by atoms with Crippen LogP contribution in [0, 0.1) is 5.82 Å². The van der Waals surface area contributed by atoms with Gasteiger partial charge in [-0.05, 0) is 25.5 Å². The number of carbonyl (C=O) groups is 1. The van der Waals surface area contributed by atoms with Gasteiger partial charge in [-0.15, -0.1) is 11.8 Å². The van der Waals surface area contributed by atoms with Crippen LogP contribution in [0.5, 0.6) is 0 Å². The largest absolute Gasteiger partial charge is 0.398 e. The number of carbonyl (C=O) groups excluding carboxylic acids is 1. The average Bonchev–Trinajstić information content (AvgIpc) is 2.67. The number of thioether (sulfide) groups is 1. The Balaban J connectivity index is 2.27. The standard InChI is InChI=1S/C12H15FN2O2S/c1-6-10(2-3-17-6)18-11-4-7(12(15)16)9(14)5-8(11)13/h4-6,10H,2-3,14H2,1H3,(H2,15,16). The highest BCUT2D eigenvalue weighted by atomic mass is 32.2. The van der Waals surface area contributed by atoms with Crippen LogP contribution in [0.4, 0.5) is 10.1 Å². The predicted octanol–water partition coefficient (Wildman–Crippen LogP) is 1.78. The van der Waals surface area contributed by atoms with Crippen molar-refractivity contribution < 1.29 is 13.9 Å². The number of benzene rings is 1. The summed E-state index contributed by atoms with van der Waals surface area (Å²) in [6, 6.07) is 2.56. The quantitative estimate of drug-likeness (QED) is 0.821. The number of anilines is 1. The molecule has 0 aromatic heterocycles. The first-order valence-corrected chi connectivity index (χ1v) is 6.54. The first-order chi connectivity index (χ1) is 8.49. The molecule has 1 aromatic rings. The summed E-state index contributed by atoms with van der Waals surface area (Å²) < 4.78 is 19.2. The summed E-state index contributed by atoms with van der Waals surface area (Å²) in [7, 11) is 0. The molecule has 6 heteroatoms. The molecule has 0 bridgehead atoms.